The summed E-state index contributed by atoms with van der Waals surface area (Å²) in [5.41, 5.74) is -2.67. The summed E-state index contributed by atoms with van der Waals surface area (Å²) in [6.07, 6.45) is 2.12. The second kappa shape index (κ2) is 12.3. The SMILES string of the molecule is CON(C)C(=O)COC(Cn1c(=O)n(C(C)(C)C(=O)OC(C)(C)C)c(=O)c2c(C)c(-c3ncco3)sc21)c1ccccc1. The van der Waals surface area contributed by atoms with Gasteiger partial charge in [0.2, 0.25) is 5.89 Å². The van der Waals surface area contributed by atoms with Crippen molar-refractivity contribution in [2.24, 2.45) is 0 Å². The molecule has 0 aliphatic carbocycles. The number of amides is 1. The van der Waals surface area contributed by atoms with Crippen LogP contribution in [-0.2, 0) is 36.0 Å². The molecule has 0 spiro atoms. The van der Waals surface area contributed by atoms with Gasteiger partial charge in [0.1, 0.15) is 34.9 Å². The summed E-state index contributed by atoms with van der Waals surface area (Å²) >= 11 is 1.17. The molecule has 0 aliphatic heterocycles. The largest absolute Gasteiger partial charge is 0.458 e. The lowest BCUT2D eigenvalue weighted by atomic mass is 10.0. The Morgan fingerprint density at radius 2 is 1.79 bits per heavy atom. The molecule has 1 unspecified atom stereocenters. The lowest BCUT2D eigenvalue weighted by Gasteiger charge is -2.30. The van der Waals surface area contributed by atoms with E-state index in [2.05, 4.69) is 4.98 Å². The maximum atomic E-state index is 14.3. The maximum absolute atomic E-state index is 14.3. The number of carbonyl (C=O) groups excluding carboxylic acids is 2. The van der Waals surface area contributed by atoms with Crippen LogP contribution in [0.15, 0.2) is 56.8 Å². The second-order valence-corrected chi connectivity index (χ2v) is 12.5. The predicted molar refractivity (Wildman–Crippen MR) is 161 cm³/mol. The van der Waals surface area contributed by atoms with Gasteiger partial charge >= 0.3 is 11.7 Å². The highest BCUT2D eigenvalue weighted by Gasteiger charge is 2.39. The van der Waals surface area contributed by atoms with Crippen molar-refractivity contribution in [2.45, 2.75) is 65.3 Å². The molecule has 0 radical (unpaired) electrons. The Kier molecular flexibility index (Phi) is 9.09. The van der Waals surface area contributed by atoms with Crippen molar-refractivity contribution >= 4 is 33.4 Å². The molecule has 13 heteroatoms. The smallest absolute Gasteiger partial charge is 0.333 e. The van der Waals surface area contributed by atoms with E-state index < -0.39 is 40.4 Å². The van der Waals surface area contributed by atoms with Crippen LogP contribution < -0.4 is 11.2 Å². The number of hydrogen-bond acceptors (Lipinski definition) is 10. The van der Waals surface area contributed by atoms with Gasteiger partial charge in [0.25, 0.3) is 11.5 Å². The molecule has 4 rings (SSSR count). The second-order valence-electron chi connectivity index (χ2n) is 11.5. The monoisotopic (exact) mass is 612 g/mol. The molecule has 3 heterocycles. The van der Waals surface area contributed by atoms with Gasteiger partial charge in [-0.1, -0.05) is 30.3 Å². The minimum Gasteiger partial charge on any atom is -0.458 e. The van der Waals surface area contributed by atoms with Gasteiger partial charge in [-0.25, -0.2) is 24.2 Å². The van der Waals surface area contributed by atoms with E-state index in [4.69, 9.17) is 18.7 Å². The average molecular weight is 613 g/mol. The number of hydroxylamine groups is 2. The standard InChI is InChI=1S/C30H36N4O8S/c1-18-22-25(36)34(30(5,6)27(37)42-29(2,3)4)28(38)33(26(22)43-23(18)24-31-14-15-40-24)16-20(19-12-10-9-11-13-19)41-17-21(35)32(7)39-8/h9-15,20H,16-17H2,1-8H3. The third-order valence-electron chi connectivity index (χ3n) is 6.85. The summed E-state index contributed by atoms with van der Waals surface area (Å²) in [4.78, 5) is 64.5. The number of ether oxygens (including phenoxy) is 2. The van der Waals surface area contributed by atoms with E-state index in [0.29, 0.717) is 26.7 Å². The zero-order valence-corrected chi connectivity index (χ0v) is 26.3. The summed E-state index contributed by atoms with van der Waals surface area (Å²) in [5, 5.41) is 1.28. The number of thiophene rings is 1. The van der Waals surface area contributed by atoms with Gasteiger partial charge < -0.3 is 13.9 Å². The van der Waals surface area contributed by atoms with Gasteiger partial charge in [0.15, 0.2) is 0 Å². The molecular weight excluding hydrogens is 576 g/mol. The first-order valence-electron chi connectivity index (χ1n) is 13.6. The Bertz CT molecular complexity index is 1730. The molecule has 0 fully saturated rings. The fourth-order valence-electron chi connectivity index (χ4n) is 4.49. The minimum atomic E-state index is -1.67. The van der Waals surface area contributed by atoms with Crippen LogP contribution in [-0.4, -0.2) is 57.4 Å². The molecule has 0 saturated carbocycles. The molecule has 0 aliphatic rings. The molecule has 230 valence electrons. The Morgan fingerprint density at radius 3 is 2.37 bits per heavy atom. The summed E-state index contributed by atoms with van der Waals surface area (Å²) in [6.45, 7) is 9.39. The topological polar surface area (TPSA) is 135 Å². The Labute approximate surface area is 252 Å². The zero-order valence-electron chi connectivity index (χ0n) is 25.5. The van der Waals surface area contributed by atoms with E-state index in [-0.39, 0.29) is 18.5 Å². The van der Waals surface area contributed by atoms with Gasteiger partial charge in [-0.05, 0) is 52.7 Å². The Hall–Kier alpha value is -4.07. The van der Waals surface area contributed by atoms with Crippen LogP contribution in [0.4, 0.5) is 0 Å². The van der Waals surface area contributed by atoms with Crippen molar-refractivity contribution in [3.8, 4) is 10.8 Å². The first-order valence-corrected chi connectivity index (χ1v) is 14.4. The van der Waals surface area contributed by atoms with E-state index in [1.807, 2.05) is 30.3 Å². The summed E-state index contributed by atoms with van der Waals surface area (Å²) in [7, 11) is 2.83. The quantitative estimate of drug-likeness (QED) is 0.192. The first-order chi connectivity index (χ1) is 20.2. The van der Waals surface area contributed by atoms with E-state index in [0.717, 1.165) is 9.63 Å². The molecule has 0 saturated heterocycles. The highest BCUT2D eigenvalue weighted by Crippen LogP contribution is 2.36. The Morgan fingerprint density at radius 1 is 1.12 bits per heavy atom. The highest BCUT2D eigenvalue weighted by molar-refractivity contribution is 7.22. The first kappa shape index (κ1) is 31.9. The molecule has 4 aromatic rings. The lowest BCUT2D eigenvalue weighted by Crippen LogP contribution is -2.54. The third kappa shape index (κ3) is 6.48. The third-order valence-corrected chi connectivity index (χ3v) is 8.15. The van der Waals surface area contributed by atoms with Crippen LogP contribution in [0.1, 0.15) is 51.8 Å². The lowest BCUT2D eigenvalue weighted by molar-refractivity contribution is -0.175. The molecule has 12 nitrogen and oxygen atoms in total. The summed E-state index contributed by atoms with van der Waals surface area (Å²) in [6, 6.07) is 9.10. The van der Waals surface area contributed by atoms with Crippen LogP contribution in [0.2, 0.25) is 0 Å². The highest BCUT2D eigenvalue weighted by atomic mass is 32.1. The van der Waals surface area contributed by atoms with Crippen LogP contribution in [0.3, 0.4) is 0 Å². The molecule has 0 N–H and O–H groups in total. The van der Waals surface area contributed by atoms with E-state index >= 15 is 0 Å². The molecule has 3 aromatic heterocycles. The maximum Gasteiger partial charge on any atom is 0.333 e. The van der Waals surface area contributed by atoms with Gasteiger partial charge in [-0.3, -0.25) is 19.0 Å². The van der Waals surface area contributed by atoms with E-state index in [1.165, 1.54) is 56.4 Å². The van der Waals surface area contributed by atoms with Crippen molar-refractivity contribution in [2.75, 3.05) is 20.8 Å². The number of aromatic nitrogens is 3. The number of oxazole rings is 1. The number of aryl methyl sites for hydroxylation is 1. The molecule has 1 aromatic carbocycles. The summed E-state index contributed by atoms with van der Waals surface area (Å²) in [5.74, 6) is -0.885. The minimum absolute atomic E-state index is 0.0843. The Balaban J connectivity index is 1.96. The van der Waals surface area contributed by atoms with Crippen molar-refractivity contribution in [3.05, 3.63) is 74.8 Å². The number of nitrogens with zero attached hydrogens (tertiary/aromatic N) is 4. The number of fused-ring (bicyclic) bond motifs is 1. The fourth-order valence-corrected chi connectivity index (χ4v) is 5.73. The number of carbonyl (C=O) groups is 2. The van der Waals surface area contributed by atoms with Crippen LogP contribution in [0, 0.1) is 6.92 Å². The normalized spacial score (nSPS) is 12.8. The molecule has 1 amide bonds. The van der Waals surface area contributed by atoms with Gasteiger partial charge in [0, 0.05) is 7.05 Å². The van der Waals surface area contributed by atoms with Crippen LogP contribution >= 0.6 is 11.3 Å². The summed E-state index contributed by atoms with van der Waals surface area (Å²) < 4.78 is 19.5. The van der Waals surface area contributed by atoms with Gasteiger partial charge in [0.05, 0.1) is 30.1 Å². The van der Waals surface area contributed by atoms with Crippen LogP contribution in [0.5, 0.6) is 0 Å². The van der Waals surface area contributed by atoms with Crippen molar-refractivity contribution < 1.29 is 28.3 Å². The molecular formula is C30H36N4O8S. The number of rotatable bonds is 10. The van der Waals surface area contributed by atoms with Gasteiger partial charge in [-0.2, -0.15) is 0 Å². The molecule has 0 bridgehead atoms. The zero-order chi connectivity index (χ0) is 31.7. The predicted octanol–water partition coefficient (Wildman–Crippen LogP) is 4.04. The molecule has 43 heavy (non-hydrogen) atoms. The van der Waals surface area contributed by atoms with E-state index in [9.17, 15) is 19.2 Å². The number of benzene rings is 1. The van der Waals surface area contributed by atoms with E-state index in [1.54, 1.807) is 27.7 Å². The van der Waals surface area contributed by atoms with Crippen molar-refractivity contribution in [3.63, 3.8) is 0 Å². The number of likely N-dealkylation sites (N-methyl/N-ethyl adjacent to an activating group) is 1. The van der Waals surface area contributed by atoms with Crippen LogP contribution in [0.25, 0.3) is 21.0 Å². The number of esters is 1. The van der Waals surface area contributed by atoms with Gasteiger partial charge in [-0.15, -0.1) is 11.3 Å². The van der Waals surface area contributed by atoms with Crippen molar-refractivity contribution in [1.82, 2.24) is 19.2 Å². The fraction of sp³-hybridized carbons (Fsp3) is 0.433. The number of hydrogen-bond donors (Lipinski definition) is 0. The van der Waals surface area contributed by atoms with Crippen molar-refractivity contribution in [1.29, 1.82) is 0 Å². The average Bonchev–Trinajstić information content (AvgIpc) is 3.59. The molecule has 1 atom stereocenters.